The van der Waals surface area contributed by atoms with E-state index >= 15 is 0 Å². The van der Waals surface area contributed by atoms with Crippen LogP contribution in [0.4, 0.5) is 17.1 Å². The van der Waals surface area contributed by atoms with Gasteiger partial charge in [0.25, 0.3) is 0 Å². The van der Waals surface area contributed by atoms with Crippen LogP contribution >= 0.6 is 0 Å². The summed E-state index contributed by atoms with van der Waals surface area (Å²) in [6, 6.07) is 53.1. The topological polar surface area (TPSA) is 16.1 Å². The van der Waals surface area contributed by atoms with Crippen LogP contribution < -0.4 is 4.90 Å². The quantitative estimate of drug-likeness (QED) is 0.232. The van der Waals surface area contributed by atoms with E-state index in [0.29, 0.717) is 0 Å². The zero-order chi connectivity index (χ0) is 25.7. The molecule has 0 saturated carbocycles. The van der Waals surface area contributed by atoms with Gasteiger partial charge >= 0.3 is 0 Å². The lowest BCUT2D eigenvalue weighted by atomic mass is 9.99. The first-order valence-corrected chi connectivity index (χ1v) is 12.9. The summed E-state index contributed by atoms with van der Waals surface area (Å²) in [4.78, 5) is 7.33. The maximum atomic E-state index is 5.05. The van der Waals surface area contributed by atoms with Gasteiger partial charge in [0, 0.05) is 28.2 Å². The molecule has 2 heteroatoms. The van der Waals surface area contributed by atoms with Crippen molar-refractivity contribution >= 4 is 17.1 Å². The molecule has 2 nitrogen and oxygen atoms in total. The maximum Gasteiger partial charge on any atom is 0.0715 e. The first-order chi connectivity index (χ1) is 18.7. The Labute approximate surface area is 224 Å². The number of benzene rings is 5. The maximum absolute atomic E-state index is 5.05. The molecule has 0 bridgehead atoms. The Bertz CT molecular complexity index is 1580. The third-order valence-corrected chi connectivity index (χ3v) is 6.73. The summed E-state index contributed by atoms with van der Waals surface area (Å²) in [5, 5.41) is 0. The van der Waals surface area contributed by atoms with E-state index in [2.05, 4.69) is 157 Å². The van der Waals surface area contributed by atoms with E-state index in [1.807, 2.05) is 6.07 Å². The summed E-state index contributed by atoms with van der Waals surface area (Å²) in [6.45, 7) is 2.11. The summed E-state index contributed by atoms with van der Waals surface area (Å²) in [5.41, 5.74) is 11.1. The minimum atomic E-state index is 0.970. The van der Waals surface area contributed by atoms with Crippen molar-refractivity contribution in [3.63, 3.8) is 0 Å². The zero-order valence-electron chi connectivity index (χ0n) is 21.3. The number of aromatic nitrogens is 1. The van der Waals surface area contributed by atoms with Crippen molar-refractivity contribution in [2.75, 3.05) is 4.90 Å². The summed E-state index contributed by atoms with van der Waals surface area (Å²) in [6.07, 6.45) is 0. The third kappa shape index (κ3) is 4.98. The van der Waals surface area contributed by atoms with E-state index in [1.54, 1.807) is 0 Å². The van der Waals surface area contributed by atoms with E-state index in [1.165, 1.54) is 5.56 Å². The molecule has 0 aliphatic carbocycles. The molecule has 0 unspecified atom stereocenters. The molecule has 0 radical (unpaired) electrons. The second-order valence-electron chi connectivity index (χ2n) is 9.41. The molecule has 5 aromatic carbocycles. The number of aryl methyl sites for hydroxylation is 1. The van der Waals surface area contributed by atoms with Crippen molar-refractivity contribution in [1.29, 1.82) is 0 Å². The Morgan fingerprint density at radius 3 is 1.34 bits per heavy atom. The van der Waals surface area contributed by atoms with E-state index in [0.717, 1.165) is 50.7 Å². The normalized spacial score (nSPS) is 10.8. The Kier molecular flexibility index (Phi) is 6.53. The van der Waals surface area contributed by atoms with Crippen molar-refractivity contribution in [3.05, 3.63) is 157 Å². The summed E-state index contributed by atoms with van der Waals surface area (Å²) in [5.74, 6) is 0. The van der Waals surface area contributed by atoms with E-state index < -0.39 is 0 Å². The number of para-hydroxylation sites is 2. The van der Waals surface area contributed by atoms with Crippen LogP contribution in [0.25, 0.3) is 33.6 Å². The lowest BCUT2D eigenvalue weighted by Gasteiger charge is -2.25. The van der Waals surface area contributed by atoms with Gasteiger partial charge in [0.2, 0.25) is 0 Å². The molecule has 0 saturated heterocycles. The number of pyridine rings is 1. The molecule has 6 aromatic rings. The largest absolute Gasteiger partial charge is 0.311 e. The minimum Gasteiger partial charge on any atom is -0.311 e. The van der Waals surface area contributed by atoms with Crippen LogP contribution in [0, 0.1) is 6.92 Å². The van der Waals surface area contributed by atoms with Crippen molar-refractivity contribution in [3.8, 4) is 33.6 Å². The standard InChI is InChI=1S/C36H28N2/c1-27-17-19-30(20-18-27)36-26-31(25-35(37-36)29-11-5-2-6-12-29)28-21-23-34(24-22-28)38(32-13-7-3-8-14-32)33-15-9-4-10-16-33/h2-26H,1H3. The number of hydrogen-bond donors (Lipinski definition) is 0. The number of nitrogens with zero attached hydrogens (tertiary/aromatic N) is 2. The molecule has 0 amide bonds. The first kappa shape index (κ1) is 23.4. The van der Waals surface area contributed by atoms with Crippen LogP contribution in [0.5, 0.6) is 0 Å². The summed E-state index contributed by atoms with van der Waals surface area (Å²) in [7, 11) is 0. The molecule has 0 aliphatic rings. The lowest BCUT2D eigenvalue weighted by Crippen LogP contribution is -2.09. The average molecular weight is 489 g/mol. The number of anilines is 3. The fourth-order valence-corrected chi connectivity index (χ4v) is 4.73. The Balaban J connectivity index is 1.43. The molecular formula is C36H28N2. The molecule has 6 rings (SSSR count). The molecule has 0 spiro atoms. The predicted molar refractivity (Wildman–Crippen MR) is 160 cm³/mol. The molecule has 0 atom stereocenters. The molecule has 1 aromatic heterocycles. The van der Waals surface area contributed by atoms with Gasteiger partial charge in [0.05, 0.1) is 11.4 Å². The highest BCUT2D eigenvalue weighted by molar-refractivity contribution is 5.80. The van der Waals surface area contributed by atoms with Crippen LogP contribution in [0.3, 0.4) is 0 Å². The molecule has 182 valence electrons. The highest BCUT2D eigenvalue weighted by Gasteiger charge is 2.13. The van der Waals surface area contributed by atoms with Crippen LogP contribution in [0.1, 0.15) is 5.56 Å². The second-order valence-corrected chi connectivity index (χ2v) is 9.41. The fourth-order valence-electron chi connectivity index (χ4n) is 4.73. The number of hydrogen-bond acceptors (Lipinski definition) is 2. The van der Waals surface area contributed by atoms with Gasteiger partial charge in [-0.2, -0.15) is 0 Å². The average Bonchev–Trinajstić information content (AvgIpc) is 2.99. The number of rotatable bonds is 6. The summed E-state index contributed by atoms with van der Waals surface area (Å²) >= 11 is 0. The molecule has 0 fully saturated rings. The van der Waals surface area contributed by atoms with Crippen molar-refractivity contribution in [1.82, 2.24) is 4.98 Å². The van der Waals surface area contributed by atoms with Gasteiger partial charge in [-0.1, -0.05) is 109 Å². The highest BCUT2D eigenvalue weighted by atomic mass is 15.1. The zero-order valence-corrected chi connectivity index (χ0v) is 21.3. The molecule has 0 aliphatic heterocycles. The van der Waals surface area contributed by atoms with Crippen LogP contribution in [0.2, 0.25) is 0 Å². The van der Waals surface area contributed by atoms with Crippen LogP contribution in [-0.2, 0) is 0 Å². The lowest BCUT2D eigenvalue weighted by molar-refractivity contribution is 1.28. The Morgan fingerprint density at radius 2 is 0.816 bits per heavy atom. The van der Waals surface area contributed by atoms with Gasteiger partial charge in [0.15, 0.2) is 0 Å². The van der Waals surface area contributed by atoms with Crippen LogP contribution in [0.15, 0.2) is 152 Å². The SMILES string of the molecule is Cc1ccc(-c2cc(-c3ccc(N(c4ccccc4)c4ccccc4)cc3)cc(-c3ccccc3)n2)cc1. The Morgan fingerprint density at radius 1 is 0.395 bits per heavy atom. The van der Waals surface area contributed by atoms with Gasteiger partial charge in [-0.15, -0.1) is 0 Å². The first-order valence-electron chi connectivity index (χ1n) is 12.9. The molecular weight excluding hydrogens is 460 g/mol. The smallest absolute Gasteiger partial charge is 0.0715 e. The monoisotopic (exact) mass is 488 g/mol. The highest BCUT2D eigenvalue weighted by Crippen LogP contribution is 2.36. The van der Waals surface area contributed by atoms with Gasteiger partial charge in [0.1, 0.15) is 0 Å². The summed E-state index contributed by atoms with van der Waals surface area (Å²) < 4.78 is 0. The van der Waals surface area contributed by atoms with Gasteiger partial charge in [-0.25, -0.2) is 4.98 Å². The van der Waals surface area contributed by atoms with E-state index in [4.69, 9.17) is 4.98 Å². The Hall–Kier alpha value is -4.95. The minimum absolute atomic E-state index is 0.970. The molecule has 0 N–H and O–H groups in total. The second kappa shape index (κ2) is 10.6. The van der Waals surface area contributed by atoms with Crippen molar-refractivity contribution in [2.24, 2.45) is 0 Å². The fraction of sp³-hybridized carbons (Fsp3) is 0.0278. The van der Waals surface area contributed by atoms with Gasteiger partial charge in [-0.05, 0) is 66.6 Å². The predicted octanol–water partition coefficient (Wildman–Crippen LogP) is 9.86. The van der Waals surface area contributed by atoms with E-state index in [-0.39, 0.29) is 0 Å². The van der Waals surface area contributed by atoms with Crippen LogP contribution in [-0.4, -0.2) is 4.98 Å². The van der Waals surface area contributed by atoms with Gasteiger partial charge < -0.3 is 4.90 Å². The van der Waals surface area contributed by atoms with Crippen molar-refractivity contribution < 1.29 is 0 Å². The van der Waals surface area contributed by atoms with Gasteiger partial charge in [-0.3, -0.25) is 0 Å². The van der Waals surface area contributed by atoms with E-state index in [9.17, 15) is 0 Å². The molecule has 1 heterocycles. The molecule has 38 heavy (non-hydrogen) atoms. The van der Waals surface area contributed by atoms with Crippen molar-refractivity contribution in [2.45, 2.75) is 6.92 Å². The third-order valence-electron chi connectivity index (χ3n) is 6.73.